The van der Waals surface area contributed by atoms with Crippen LogP contribution in [0.4, 0.5) is 0 Å². The van der Waals surface area contributed by atoms with Crippen molar-refractivity contribution in [3.8, 4) is 0 Å². The van der Waals surface area contributed by atoms with Crippen LogP contribution in [0.25, 0.3) is 0 Å². The Kier molecular flexibility index (Phi) is 8.19. The van der Waals surface area contributed by atoms with E-state index >= 15 is 0 Å². The van der Waals surface area contributed by atoms with Gasteiger partial charge >= 0.3 is 0 Å². The van der Waals surface area contributed by atoms with Crippen LogP contribution >= 0.6 is 0 Å². The van der Waals surface area contributed by atoms with Gasteiger partial charge in [0.1, 0.15) is 0 Å². The summed E-state index contributed by atoms with van der Waals surface area (Å²) in [5.41, 5.74) is 4.17. The topological polar surface area (TPSA) is 43.1 Å². The highest BCUT2D eigenvalue weighted by molar-refractivity contribution is 5.42. The first-order valence-electron chi connectivity index (χ1n) is 5.00. The third-order valence-corrected chi connectivity index (χ3v) is 2.44. The molecular weight excluding hydrogens is 150 g/mol. The SMILES string of the molecule is CCCCC1CCCC1.NC=O. The fourth-order valence-electron chi connectivity index (χ4n) is 1.79. The van der Waals surface area contributed by atoms with Crippen molar-refractivity contribution in [3.63, 3.8) is 0 Å². The Balaban J connectivity index is 0.000000354. The van der Waals surface area contributed by atoms with E-state index in [4.69, 9.17) is 4.79 Å². The molecule has 2 N–H and O–H groups in total. The summed E-state index contributed by atoms with van der Waals surface area (Å²) < 4.78 is 0. The molecule has 0 aliphatic heterocycles. The normalized spacial score (nSPS) is 16.8. The van der Waals surface area contributed by atoms with Crippen molar-refractivity contribution >= 4 is 6.41 Å². The fourth-order valence-corrected chi connectivity index (χ4v) is 1.79. The maximum absolute atomic E-state index is 8.58. The summed E-state index contributed by atoms with van der Waals surface area (Å²) in [4.78, 5) is 8.58. The van der Waals surface area contributed by atoms with Gasteiger partial charge in [-0.15, -0.1) is 0 Å². The number of hydrogen-bond acceptors (Lipinski definition) is 1. The highest BCUT2D eigenvalue weighted by atomic mass is 16.1. The predicted octanol–water partition coefficient (Wildman–Crippen LogP) is 2.47. The van der Waals surface area contributed by atoms with Crippen LogP contribution in [0.2, 0.25) is 0 Å². The minimum Gasteiger partial charge on any atom is -0.372 e. The molecule has 0 aromatic rings. The van der Waals surface area contributed by atoms with Gasteiger partial charge in [0.15, 0.2) is 0 Å². The molecule has 0 radical (unpaired) electrons. The number of rotatable bonds is 3. The number of carbonyl (C=O) groups excluding carboxylic acids is 1. The van der Waals surface area contributed by atoms with Crippen LogP contribution in [-0.2, 0) is 4.79 Å². The van der Waals surface area contributed by atoms with Gasteiger partial charge in [0, 0.05) is 0 Å². The number of primary amides is 1. The highest BCUT2D eigenvalue weighted by Crippen LogP contribution is 2.28. The van der Waals surface area contributed by atoms with Crippen LogP contribution in [0, 0.1) is 5.92 Å². The molecule has 0 unspecified atom stereocenters. The Bertz CT molecular complexity index is 98.0. The van der Waals surface area contributed by atoms with Crippen molar-refractivity contribution in [1.82, 2.24) is 0 Å². The molecule has 0 saturated heterocycles. The van der Waals surface area contributed by atoms with Crippen LogP contribution in [-0.4, -0.2) is 6.41 Å². The highest BCUT2D eigenvalue weighted by Gasteiger charge is 2.13. The molecule has 0 aromatic heterocycles. The Morgan fingerprint density at radius 3 is 2.33 bits per heavy atom. The van der Waals surface area contributed by atoms with Gasteiger partial charge in [0.2, 0.25) is 6.41 Å². The zero-order chi connectivity index (χ0) is 9.23. The molecule has 0 spiro atoms. The van der Waals surface area contributed by atoms with Gasteiger partial charge in [-0.2, -0.15) is 0 Å². The van der Waals surface area contributed by atoms with E-state index < -0.39 is 0 Å². The lowest BCUT2D eigenvalue weighted by molar-refractivity contribution is -0.106. The predicted molar refractivity (Wildman–Crippen MR) is 51.7 cm³/mol. The van der Waals surface area contributed by atoms with E-state index in [2.05, 4.69) is 12.7 Å². The molecule has 0 aromatic carbocycles. The lowest BCUT2D eigenvalue weighted by Crippen LogP contribution is -1.91. The largest absolute Gasteiger partial charge is 0.372 e. The number of hydrogen-bond donors (Lipinski definition) is 1. The van der Waals surface area contributed by atoms with Crippen molar-refractivity contribution in [1.29, 1.82) is 0 Å². The Morgan fingerprint density at radius 2 is 1.92 bits per heavy atom. The number of amides is 1. The summed E-state index contributed by atoms with van der Waals surface area (Å²) in [6.45, 7) is 2.29. The molecule has 0 heterocycles. The smallest absolute Gasteiger partial charge is 0.204 e. The third-order valence-electron chi connectivity index (χ3n) is 2.44. The lowest BCUT2D eigenvalue weighted by Gasteiger charge is -2.05. The summed E-state index contributed by atoms with van der Waals surface area (Å²) in [5, 5.41) is 0. The molecule has 2 heteroatoms. The summed E-state index contributed by atoms with van der Waals surface area (Å²) in [6, 6.07) is 0. The second-order valence-electron chi connectivity index (χ2n) is 3.43. The molecule has 72 valence electrons. The number of nitrogens with two attached hydrogens (primary N) is 1. The van der Waals surface area contributed by atoms with Crippen molar-refractivity contribution < 1.29 is 4.79 Å². The minimum atomic E-state index is 0.250. The molecule has 0 atom stereocenters. The Labute approximate surface area is 75.5 Å². The van der Waals surface area contributed by atoms with Gasteiger partial charge < -0.3 is 5.73 Å². The number of unbranched alkanes of at least 4 members (excludes halogenated alkanes) is 1. The monoisotopic (exact) mass is 171 g/mol. The quantitative estimate of drug-likeness (QED) is 0.651. The third kappa shape index (κ3) is 6.20. The van der Waals surface area contributed by atoms with E-state index in [1.807, 2.05) is 0 Å². The second kappa shape index (κ2) is 8.57. The summed E-state index contributed by atoms with van der Waals surface area (Å²) in [6.07, 6.45) is 10.7. The molecule has 1 rings (SSSR count). The maximum atomic E-state index is 8.58. The number of carbonyl (C=O) groups is 1. The van der Waals surface area contributed by atoms with Gasteiger partial charge in [-0.1, -0.05) is 51.9 Å². The second-order valence-corrected chi connectivity index (χ2v) is 3.43. The first-order valence-corrected chi connectivity index (χ1v) is 5.00. The Hall–Kier alpha value is -0.530. The average Bonchev–Trinajstić information content (AvgIpc) is 2.54. The first kappa shape index (κ1) is 11.5. The van der Waals surface area contributed by atoms with Gasteiger partial charge in [-0.05, 0) is 5.92 Å². The summed E-state index contributed by atoms with van der Waals surface area (Å²) in [7, 11) is 0. The standard InChI is InChI=1S/C9H18.CH3NO/c1-2-3-6-9-7-4-5-8-9;2-1-3/h9H,2-8H2,1H3;1H,(H2,2,3). The van der Waals surface area contributed by atoms with Crippen LogP contribution in [0.15, 0.2) is 0 Å². The van der Waals surface area contributed by atoms with E-state index in [-0.39, 0.29) is 6.41 Å². The fraction of sp³-hybridized carbons (Fsp3) is 0.900. The molecule has 1 aliphatic carbocycles. The summed E-state index contributed by atoms with van der Waals surface area (Å²) in [5.74, 6) is 1.12. The van der Waals surface area contributed by atoms with Gasteiger partial charge in [0.05, 0.1) is 0 Å². The van der Waals surface area contributed by atoms with Crippen LogP contribution in [0.5, 0.6) is 0 Å². The molecule has 1 saturated carbocycles. The first-order chi connectivity index (χ1) is 5.85. The van der Waals surface area contributed by atoms with Crippen molar-refractivity contribution in [2.45, 2.75) is 51.9 Å². The van der Waals surface area contributed by atoms with Crippen molar-refractivity contribution in [3.05, 3.63) is 0 Å². The van der Waals surface area contributed by atoms with Gasteiger partial charge in [-0.25, -0.2) is 0 Å². The molecule has 1 amide bonds. The van der Waals surface area contributed by atoms with Gasteiger partial charge in [0.25, 0.3) is 0 Å². The average molecular weight is 171 g/mol. The van der Waals surface area contributed by atoms with E-state index in [1.54, 1.807) is 0 Å². The molecule has 2 nitrogen and oxygen atoms in total. The zero-order valence-corrected chi connectivity index (χ0v) is 8.09. The maximum Gasteiger partial charge on any atom is 0.204 e. The van der Waals surface area contributed by atoms with Crippen LogP contribution in [0.3, 0.4) is 0 Å². The zero-order valence-electron chi connectivity index (χ0n) is 8.09. The van der Waals surface area contributed by atoms with E-state index in [1.165, 1.54) is 44.9 Å². The summed E-state index contributed by atoms with van der Waals surface area (Å²) >= 11 is 0. The Morgan fingerprint density at radius 1 is 1.42 bits per heavy atom. The molecule has 0 bridgehead atoms. The molecule has 12 heavy (non-hydrogen) atoms. The van der Waals surface area contributed by atoms with E-state index in [0.717, 1.165) is 5.92 Å². The molecule has 1 fully saturated rings. The van der Waals surface area contributed by atoms with Crippen molar-refractivity contribution in [2.75, 3.05) is 0 Å². The minimum absolute atomic E-state index is 0.250. The van der Waals surface area contributed by atoms with Crippen LogP contribution < -0.4 is 5.73 Å². The molecule has 1 aliphatic rings. The van der Waals surface area contributed by atoms with Crippen LogP contribution in [0.1, 0.15) is 51.9 Å². The van der Waals surface area contributed by atoms with E-state index in [9.17, 15) is 0 Å². The van der Waals surface area contributed by atoms with Crippen molar-refractivity contribution in [2.24, 2.45) is 11.7 Å². The van der Waals surface area contributed by atoms with Gasteiger partial charge in [-0.3, -0.25) is 4.79 Å². The molecular formula is C10H21NO. The van der Waals surface area contributed by atoms with E-state index in [0.29, 0.717) is 0 Å². The lowest BCUT2D eigenvalue weighted by atomic mass is 10.0.